The molecule has 0 aliphatic rings. The van der Waals surface area contributed by atoms with Gasteiger partial charge in [-0.15, -0.1) is 0 Å². The second-order valence-electron chi connectivity index (χ2n) is 5.46. The molecule has 0 radical (unpaired) electrons. The van der Waals surface area contributed by atoms with Gasteiger partial charge in [0.1, 0.15) is 11.1 Å². The highest BCUT2D eigenvalue weighted by molar-refractivity contribution is 7.99. The molecule has 9 heteroatoms. The second-order valence-corrected chi connectivity index (χ2v) is 6.42. The van der Waals surface area contributed by atoms with Gasteiger partial charge in [0.2, 0.25) is 5.27 Å². The van der Waals surface area contributed by atoms with Crippen molar-refractivity contribution < 1.29 is 14.4 Å². The Labute approximate surface area is 144 Å². The fraction of sp³-hybridized carbons (Fsp3) is 0.400. The van der Waals surface area contributed by atoms with Gasteiger partial charge in [0.15, 0.2) is 0 Å². The van der Waals surface area contributed by atoms with Crippen LogP contribution in [-0.2, 0) is 0 Å². The lowest BCUT2D eigenvalue weighted by molar-refractivity contribution is -0.753. The van der Waals surface area contributed by atoms with E-state index in [1.807, 2.05) is 19.9 Å². The van der Waals surface area contributed by atoms with E-state index < -0.39 is 0 Å². The third-order valence-electron chi connectivity index (χ3n) is 3.01. The van der Waals surface area contributed by atoms with Gasteiger partial charge in [-0.2, -0.15) is 10.3 Å². The lowest BCUT2D eigenvalue weighted by Crippen LogP contribution is -2.53. The predicted molar refractivity (Wildman–Crippen MR) is 87.6 cm³/mol. The zero-order chi connectivity index (χ0) is 17.7. The molecule has 2 aromatic rings. The smallest absolute Gasteiger partial charge is 0.324 e. The van der Waals surface area contributed by atoms with Crippen LogP contribution in [0.3, 0.4) is 0 Å². The summed E-state index contributed by atoms with van der Waals surface area (Å²) < 4.78 is 4.95. The lowest BCUT2D eigenvalue weighted by atomic mass is 10.1. The summed E-state index contributed by atoms with van der Waals surface area (Å²) in [6, 6.07) is 5.64. The van der Waals surface area contributed by atoms with Crippen molar-refractivity contribution in [1.82, 2.24) is 10.3 Å². The summed E-state index contributed by atoms with van der Waals surface area (Å²) in [6.07, 6.45) is 1.50. The third-order valence-corrected chi connectivity index (χ3v) is 3.99. The van der Waals surface area contributed by atoms with Crippen LogP contribution in [0.25, 0.3) is 0 Å². The number of thioether (sulfide) groups is 1. The number of rotatable bonds is 6. The Morgan fingerprint density at radius 2 is 2.25 bits per heavy atom. The van der Waals surface area contributed by atoms with E-state index in [0.29, 0.717) is 10.6 Å². The Bertz CT molecular complexity index is 779. The largest absolute Gasteiger partial charge is 0.861 e. The average molecular weight is 346 g/mol. The van der Waals surface area contributed by atoms with Crippen molar-refractivity contribution in [1.29, 1.82) is 5.26 Å². The van der Waals surface area contributed by atoms with Crippen molar-refractivity contribution in [2.24, 2.45) is 4.99 Å². The summed E-state index contributed by atoms with van der Waals surface area (Å²) in [5.74, 6) is 0.0425. The zero-order valence-electron chi connectivity index (χ0n) is 13.9. The average Bonchev–Trinajstić information content (AvgIpc) is 3.01. The predicted octanol–water partition coefficient (Wildman–Crippen LogP) is 0.732. The minimum Gasteiger partial charge on any atom is -0.861 e. The molecule has 126 valence electrons. The summed E-state index contributed by atoms with van der Waals surface area (Å²) in [5.41, 5.74) is 1.32. The molecule has 8 nitrogen and oxygen atoms in total. The molecule has 0 bridgehead atoms. The Morgan fingerprint density at radius 3 is 2.83 bits per heavy atom. The molecule has 0 N–H and O–H groups in total. The first-order valence-electron chi connectivity index (χ1n) is 7.25. The molecule has 0 saturated carbocycles. The van der Waals surface area contributed by atoms with Crippen LogP contribution in [-0.4, -0.2) is 36.0 Å². The van der Waals surface area contributed by atoms with E-state index >= 15 is 0 Å². The number of nitrogens with zero attached hydrogens (tertiary/aromatic N) is 6. The van der Waals surface area contributed by atoms with Gasteiger partial charge in [0, 0.05) is 11.4 Å². The van der Waals surface area contributed by atoms with Gasteiger partial charge in [0.25, 0.3) is 6.20 Å². The highest BCUT2D eigenvalue weighted by Crippen LogP contribution is 2.23. The third kappa shape index (κ3) is 4.45. The SMILES string of the molecule is CC(C)c1ccc(C#N)c(SC/C([O-])=N/c2c[n+](N(C)C)no2)n1. The molecule has 0 spiro atoms. The standard InChI is InChI=1S/C15H18N6O2S/c1-10(2)12-6-5-11(7-16)15(17-12)24-9-13(22)18-14-8-21(19-23-14)20(3)4/h5-6,8,10H,9H2,1-4H3. The molecule has 0 saturated heterocycles. The molecule has 2 heterocycles. The first-order chi connectivity index (χ1) is 11.4. The molecule has 0 aromatic carbocycles. The molecule has 0 aliphatic heterocycles. The van der Waals surface area contributed by atoms with Gasteiger partial charge in [-0.25, -0.2) is 9.98 Å². The molecule has 0 unspecified atom stereocenters. The molecule has 0 atom stereocenters. The highest BCUT2D eigenvalue weighted by atomic mass is 32.2. The van der Waals surface area contributed by atoms with Crippen molar-refractivity contribution in [3.05, 3.63) is 29.6 Å². The van der Waals surface area contributed by atoms with Crippen LogP contribution < -0.4 is 14.9 Å². The van der Waals surface area contributed by atoms with Gasteiger partial charge < -0.3 is 5.11 Å². The summed E-state index contributed by atoms with van der Waals surface area (Å²) in [5, 5.41) is 27.0. The van der Waals surface area contributed by atoms with Crippen molar-refractivity contribution in [2.75, 3.05) is 24.9 Å². The topological polar surface area (TPSA) is 105 Å². The molecule has 0 fully saturated rings. The summed E-state index contributed by atoms with van der Waals surface area (Å²) in [7, 11) is 3.56. The van der Waals surface area contributed by atoms with Crippen LogP contribution in [0.15, 0.2) is 32.9 Å². The normalized spacial score (nSPS) is 11.6. The number of pyridine rings is 1. The first-order valence-corrected chi connectivity index (χ1v) is 8.24. The Morgan fingerprint density at radius 1 is 1.50 bits per heavy atom. The summed E-state index contributed by atoms with van der Waals surface area (Å²) in [4.78, 5) is 9.71. The van der Waals surface area contributed by atoms with Crippen molar-refractivity contribution in [3.8, 4) is 6.07 Å². The summed E-state index contributed by atoms with van der Waals surface area (Å²) >= 11 is 1.19. The lowest BCUT2D eigenvalue weighted by Gasteiger charge is -2.11. The number of hydrogen-bond donors (Lipinski definition) is 0. The molecular weight excluding hydrogens is 328 g/mol. The highest BCUT2D eigenvalue weighted by Gasteiger charge is 2.13. The van der Waals surface area contributed by atoms with E-state index in [1.165, 1.54) is 22.7 Å². The van der Waals surface area contributed by atoms with Gasteiger partial charge >= 0.3 is 5.88 Å². The molecule has 2 rings (SSSR count). The monoisotopic (exact) mass is 346 g/mol. The Kier molecular flexibility index (Phi) is 5.76. The maximum atomic E-state index is 12.0. The van der Waals surface area contributed by atoms with Gasteiger partial charge in [0.05, 0.1) is 24.4 Å². The Hall–Kier alpha value is -2.60. The maximum Gasteiger partial charge on any atom is 0.324 e. The van der Waals surface area contributed by atoms with Crippen LogP contribution >= 0.6 is 11.8 Å². The van der Waals surface area contributed by atoms with Gasteiger partial charge in [-0.1, -0.05) is 25.6 Å². The quantitative estimate of drug-likeness (QED) is 0.328. The van der Waals surface area contributed by atoms with E-state index in [0.717, 1.165) is 5.69 Å². The number of aromatic nitrogens is 3. The second kappa shape index (κ2) is 7.79. The van der Waals surface area contributed by atoms with Crippen LogP contribution in [0.4, 0.5) is 5.88 Å². The zero-order valence-corrected chi connectivity index (χ0v) is 14.7. The molecule has 2 aromatic heterocycles. The van der Waals surface area contributed by atoms with Crippen LogP contribution in [0.1, 0.15) is 31.0 Å². The maximum absolute atomic E-state index is 12.0. The fourth-order valence-electron chi connectivity index (χ4n) is 1.72. The Balaban J connectivity index is 2.10. The van der Waals surface area contributed by atoms with E-state index in [9.17, 15) is 5.11 Å². The minimum absolute atomic E-state index is 0.0614. The number of aliphatic imine (C=N–C) groups is 1. The van der Waals surface area contributed by atoms with Crippen LogP contribution in [0.2, 0.25) is 0 Å². The summed E-state index contributed by atoms with van der Waals surface area (Å²) in [6.45, 7) is 4.04. The molecule has 0 aliphatic carbocycles. The van der Waals surface area contributed by atoms with Gasteiger partial charge in [-0.05, 0) is 23.9 Å². The number of hydrogen-bond acceptors (Lipinski definition) is 8. The van der Waals surface area contributed by atoms with E-state index in [2.05, 4.69) is 21.3 Å². The van der Waals surface area contributed by atoms with Crippen LogP contribution in [0, 0.1) is 11.3 Å². The van der Waals surface area contributed by atoms with E-state index in [4.69, 9.17) is 9.78 Å². The number of nitriles is 1. The molecule has 0 amide bonds. The van der Waals surface area contributed by atoms with Gasteiger partial charge in [-0.3, -0.25) is 4.52 Å². The molecular formula is C15H18N6O2S. The van der Waals surface area contributed by atoms with E-state index in [-0.39, 0.29) is 23.5 Å². The fourth-order valence-corrected chi connectivity index (χ4v) is 2.49. The molecule has 24 heavy (non-hydrogen) atoms. The van der Waals surface area contributed by atoms with Crippen molar-refractivity contribution in [2.45, 2.75) is 24.8 Å². The van der Waals surface area contributed by atoms with Crippen molar-refractivity contribution >= 4 is 23.5 Å². The van der Waals surface area contributed by atoms with Crippen molar-refractivity contribution in [3.63, 3.8) is 0 Å². The minimum atomic E-state index is -0.386. The first kappa shape index (κ1) is 17.7. The van der Waals surface area contributed by atoms with Crippen LogP contribution in [0.5, 0.6) is 0 Å². The van der Waals surface area contributed by atoms with E-state index in [1.54, 1.807) is 25.2 Å².